The summed E-state index contributed by atoms with van der Waals surface area (Å²) in [6.45, 7) is -0.351. The molecule has 0 aromatic heterocycles. The molecule has 0 aliphatic carbocycles. The van der Waals surface area contributed by atoms with Gasteiger partial charge in [0.1, 0.15) is 11.6 Å². The van der Waals surface area contributed by atoms with Gasteiger partial charge in [-0.1, -0.05) is 53.8 Å². The Labute approximate surface area is 223 Å². The Morgan fingerprint density at radius 3 is 2.59 bits per heavy atom. The maximum absolute atomic E-state index is 13.3. The predicted octanol–water partition coefficient (Wildman–Crippen LogP) is 6.92. The second-order valence-corrected chi connectivity index (χ2v) is 9.69. The average Bonchev–Trinajstić information content (AvgIpc) is 3.12. The fraction of sp³-hybridized carbons (Fsp3) is 0.0800. The number of thiocarbonyl (C=S) groups is 1. The summed E-state index contributed by atoms with van der Waals surface area (Å²) in [5.74, 6) is -1.35. The fourth-order valence-electron chi connectivity index (χ4n) is 3.28. The average molecular weight is 567 g/mol. The Morgan fingerprint density at radius 1 is 1.11 bits per heavy atom. The van der Waals surface area contributed by atoms with Crippen molar-refractivity contribution in [2.45, 2.75) is 6.18 Å². The van der Waals surface area contributed by atoms with E-state index in [2.05, 4.69) is 5.32 Å². The molecule has 0 saturated carbocycles. The molecule has 1 aliphatic heterocycles. The summed E-state index contributed by atoms with van der Waals surface area (Å²) in [7, 11) is 0. The molecule has 1 aliphatic rings. The quantitative estimate of drug-likeness (QED) is 0.199. The van der Waals surface area contributed by atoms with E-state index in [4.69, 9.17) is 28.6 Å². The molecule has 3 aromatic rings. The van der Waals surface area contributed by atoms with Gasteiger partial charge in [-0.15, -0.1) is 0 Å². The standard InChI is InChI=1S/C25H15ClF4N2O3S2/c26-19-12-16(7-8-20(19)27)31-22(33)13-35-18-6-1-3-14(9-18)10-21-23(34)32(24(36)37-21)17-5-2-4-15(11-17)25(28,29)30/h1-12H,13H2,(H,31,33)/b21-10-. The molecule has 1 N–H and O–H groups in total. The summed E-state index contributed by atoms with van der Waals surface area (Å²) in [5.41, 5.74) is -0.0185. The number of benzene rings is 3. The van der Waals surface area contributed by atoms with Gasteiger partial charge in [-0.05, 0) is 60.2 Å². The summed E-state index contributed by atoms with van der Waals surface area (Å²) in [4.78, 5) is 26.4. The number of carbonyl (C=O) groups is 2. The van der Waals surface area contributed by atoms with Gasteiger partial charge in [0.15, 0.2) is 10.9 Å². The molecule has 1 fully saturated rings. The molecule has 37 heavy (non-hydrogen) atoms. The number of amides is 2. The van der Waals surface area contributed by atoms with Gasteiger partial charge in [0.2, 0.25) is 0 Å². The number of nitrogens with zero attached hydrogens (tertiary/aromatic N) is 1. The number of hydrogen-bond acceptors (Lipinski definition) is 5. The van der Waals surface area contributed by atoms with E-state index in [1.165, 1.54) is 30.3 Å². The van der Waals surface area contributed by atoms with Crippen LogP contribution >= 0.6 is 35.6 Å². The molecule has 0 bridgehead atoms. The Bertz CT molecular complexity index is 1430. The number of carbonyl (C=O) groups excluding carboxylic acids is 2. The third kappa shape index (κ3) is 6.48. The van der Waals surface area contributed by atoms with Crippen molar-refractivity contribution in [2.75, 3.05) is 16.8 Å². The Balaban J connectivity index is 1.44. The van der Waals surface area contributed by atoms with E-state index < -0.39 is 29.4 Å². The summed E-state index contributed by atoms with van der Waals surface area (Å²) in [6, 6.07) is 14.6. The van der Waals surface area contributed by atoms with Crippen molar-refractivity contribution >= 4 is 69.2 Å². The highest BCUT2D eigenvalue weighted by molar-refractivity contribution is 8.27. The van der Waals surface area contributed by atoms with Crippen LogP contribution in [0, 0.1) is 5.82 Å². The van der Waals surface area contributed by atoms with Crippen LogP contribution in [-0.2, 0) is 15.8 Å². The van der Waals surface area contributed by atoms with E-state index in [0.717, 1.165) is 34.9 Å². The number of ether oxygens (including phenoxy) is 1. The molecular formula is C25H15ClF4N2O3S2. The first-order valence-electron chi connectivity index (χ1n) is 10.4. The van der Waals surface area contributed by atoms with Crippen molar-refractivity contribution in [1.82, 2.24) is 0 Å². The molecule has 1 heterocycles. The van der Waals surface area contributed by atoms with Crippen LogP contribution in [-0.4, -0.2) is 22.7 Å². The lowest BCUT2D eigenvalue weighted by atomic mass is 10.1. The van der Waals surface area contributed by atoms with Crippen LogP contribution in [0.4, 0.5) is 28.9 Å². The lowest BCUT2D eigenvalue weighted by Crippen LogP contribution is -2.27. The summed E-state index contributed by atoms with van der Waals surface area (Å²) >= 11 is 11.9. The first-order chi connectivity index (χ1) is 17.5. The second-order valence-electron chi connectivity index (χ2n) is 7.60. The van der Waals surface area contributed by atoms with Gasteiger partial charge in [-0.2, -0.15) is 13.2 Å². The van der Waals surface area contributed by atoms with Crippen molar-refractivity contribution in [3.05, 3.63) is 93.6 Å². The number of thioether (sulfide) groups is 1. The highest BCUT2D eigenvalue weighted by atomic mass is 35.5. The summed E-state index contributed by atoms with van der Waals surface area (Å²) in [6.07, 6.45) is -3.03. The van der Waals surface area contributed by atoms with Crippen LogP contribution in [0.25, 0.3) is 6.08 Å². The molecule has 0 spiro atoms. The molecule has 1 saturated heterocycles. The van der Waals surface area contributed by atoms with Crippen LogP contribution in [0.1, 0.15) is 11.1 Å². The largest absolute Gasteiger partial charge is 0.484 e. The van der Waals surface area contributed by atoms with Crippen LogP contribution in [0.2, 0.25) is 5.02 Å². The summed E-state index contributed by atoms with van der Waals surface area (Å²) < 4.78 is 58.1. The van der Waals surface area contributed by atoms with Crippen LogP contribution in [0.5, 0.6) is 5.75 Å². The van der Waals surface area contributed by atoms with Gasteiger partial charge >= 0.3 is 6.18 Å². The topological polar surface area (TPSA) is 58.6 Å². The molecule has 3 aromatic carbocycles. The molecule has 190 valence electrons. The maximum Gasteiger partial charge on any atom is 0.416 e. The lowest BCUT2D eigenvalue weighted by Gasteiger charge is -2.16. The van der Waals surface area contributed by atoms with Crippen molar-refractivity contribution in [3.8, 4) is 5.75 Å². The number of anilines is 2. The zero-order chi connectivity index (χ0) is 26.7. The summed E-state index contributed by atoms with van der Waals surface area (Å²) in [5, 5.41) is 2.40. The van der Waals surface area contributed by atoms with Gasteiger partial charge in [0, 0.05) is 5.69 Å². The van der Waals surface area contributed by atoms with Gasteiger partial charge in [0.05, 0.1) is 21.2 Å². The predicted molar refractivity (Wildman–Crippen MR) is 139 cm³/mol. The molecule has 0 unspecified atom stereocenters. The molecule has 0 atom stereocenters. The number of rotatable bonds is 6. The SMILES string of the molecule is O=C(COc1cccc(/C=C2\SC(=S)N(c3cccc(C(F)(F)F)c3)C2=O)c1)Nc1ccc(F)c(Cl)c1. The van der Waals surface area contributed by atoms with Crippen molar-refractivity contribution in [3.63, 3.8) is 0 Å². The Morgan fingerprint density at radius 2 is 1.86 bits per heavy atom. The number of nitrogens with one attached hydrogen (secondary N) is 1. The zero-order valence-electron chi connectivity index (χ0n) is 18.5. The number of hydrogen-bond donors (Lipinski definition) is 1. The van der Waals surface area contributed by atoms with E-state index in [1.54, 1.807) is 24.3 Å². The van der Waals surface area contributed by atoms with E-state index in [1.807, 2.05) is 0 Å². The number of halogens is 5. The van der Waals surface area contributed by atoms with Crippen LogP contribution in [0.3, 0.4) is 0 Å². The minimum absolute atomic E-state index is 0.0197. The minimum Gasteiger partial charge on any atom is -0.484 e. The smallest absolute Gasteiger partial charge is 0.416 e. The van der Waals surface area contributed by atoms with Crippen molar-refractivity contribution < 1.29 is 31.9 Å². The maximum atomic E-state index is 13.3. The van der Waals surface area contributed by atoms with Gasteiger partial charge < -0.3 is 10.1 Å². The second kappa shape index (κ2) is 10.9. The van der Waals surface area contributed by atoms with E-state index in [-0.39, 0.29) is 26.5 Å². The first kappa shape index (κ1) is 26.6. The zero-order valence-corrected chi connectivity index (χ0v) is 20.9. The normalized spacial score (nSPS) is 14.8. The Hall–Kier alpha value is -3.41. The van der Waals surface area contributed by atoms with Crippen LogP contribution in [0.15, 0.2) is 71.6 Å². The van der Waals surface area contributed by atoms with E-state index >= 15 is 0 Å². The van der Waals surface area contributed by atoms with Crippen molar-refractivity contribution in [1.29, 1.82) is 0 Å². The Kier molecular flexibility index (Phi) is 7.86. The van der Waals surface area contributed by atoms with Crippen molar-refractivity contribution in [2.24, 2.45) is 0 Å². The van der Waals surface area contributed by atoms with Gasteiger partial charge in [-0.3, -0.25) is 14.5 Å². The molecule has 5 nitrogen and oxygen atoms in total. The lowest BCUT2D eigenvalue weighted by molar-refractivity contribution is -0.137. The molecule has 4 rings (SSSR count). The van der Waals surface area contributed by atoms with E-state index in [0.29, 0.717) is 17.0 Å². The molecule has 12 heteroatoms. The van der Waals surface area contributed by atoms with Gasteiger partial charge in [0.25, 0.3) is 11.8 Å². The van der Waals surface area contributed by atoms with Crippen LogP contribution < -0.4 is 15.0 Å². The monoisotopic (exact) mass is 566 g/mol. The third-order valence-corrected chi connectivity index (χ3v) is 6.55. The minimum atomic E-state index is -4.56. The fourth-order valence-corrected chi connectivity index (χ4v) is 4.76. The molecule has 0 radical (unpaired) electrons. The highest BCUT2D eigenvalue weighted by Crippen LogP contribution is 2.38. The van der Waals surface area contributed by atoms with Gasteiger partial charge in [-0.25, -0.2) is 4.39 Å². The first-order valence-corrected chi connectivity index (χ1v) is 12.0. The number of alkyl halides is 3. The third-order valence-electron chi connectivity index (χ3n) is 4.95. The van der Waals surface area contributed by atoms with E-state index in [9.17, 15) is 27.2 Å². The highest BCUT2D eigenvalue weighted by Gasteiger charge is 2.36. The molecular weight excluding hydrogens is 552 g/mol. The molecule has 2 amide bonds.